The summed E-state index contributed by atoms with van der Waals surface area (Å²) >= 11 is 0. The van der Waals surface area contributed by atoms with Crippen LogP contribution in [0.15, 0.2) is 29.2 Å². The third-order valence-corrected chi connectivity index (χ3v) is 3.56. The van der Waals surface area contributed by atoms with Crippen molar-refractivity contribution in [3.05, 3.63) is 24.3 Å². The molecule has 1 rings (SSSR count). The van der Waals surface area contributed by atoms with Gasteiger partial charge in [0.2, 0.25) is 0 Å². The summed E-state index contributed by atoms with van der Waals surface area (Å²) in [6, 6.07) is 6.42. The predicted molar refractivity (Wildman–Crippen MR) is 74.4 cm³/mol. The van der Waals surface area contributed by atoms with Crippen LogP contribution >= 0.6 is 0 Å². The highest BCUT2D eigenvalue weighted by molar-refractivity contribution is 7.90. The molecule has 0 saturated heterocycles. The highest BCUT2D eigenvalue weighted by Gasteiger charge is 2.06. The Balaban J connectivity index is 2.23. The predicted octanol–water partition coefficient (Wildman–Crippen LogP) is 1.09. The fourth-order valence-electron chi connectivity index (χ4n) is 1.44. The molecule has 0 aromatic heterocycles. The van der Waals surface area contributed by atoms with E-state index in [0.717, 1.165) is 19.7 Å². The van der Waals surface area contributed by atoms with E-state index >= 15 is 0 Å². The molecule has 1 aromatic carbocycles. The van der Waals surface area contributed by atoms with Crippen LogP contribution in [0.3, 0.4) is 0 Å². The van der Waals surface area contributed by atoms with Gasteiger partial charge in [-0.2, -0.15) is 0 Å². The molecule has 0 fully saturated rings. The minimum atomic E-state index is -3.14. The smallest absolute Gasteiger partial charge is 0.175 e. The molecule has 0 aliphatic heterocycles. The van der Waals surface area contributed by atoms with Gasteiger partial charge in [0.25, 0.3) is 0 Å². The van der Waals surface area contributed by atoms with Crippen LogP contribution in [0.1, 0.15) is 6.92 Å². The molecule has 0 aliphatic rings. The summed E-state index contributed by atoms with van der Waals surface area (Å²) in [7, 11) is -3.14. The lowest BCUT2D eigenvalue weighted by atomic mass is 10.3. The van der Waals surface area contributed by atoms with Gasteiger partial charge in [0, 0.05) is 26.0 Å². The van der Waals surface area contributed by atoms with E-state index in [-0.39, 0.29) is 0 Å². The Labute approximate surface area is 114 Å². The lowest BCUT2D eigenvalue weighted by Gasteiger charge is -2.08. The zero-order chi connectivity index (χ0) is 14.1. The first kappa shape index (κ1) is 15.9. The molecular weight excluding hydrogens is 266 g/mol. The minimum absolute atomic E-state index is 0.301. The summed E-state index contributed by atoms with van der Waals surface area (Å²) in [5.41, 5.74) is 0. The maximum Gasteiger partial charge on any atom is 0.175 e. The highest BCUT2D eigenvalue weighted by atomic mass is 32.2. The van der Waals surface area contributed by atoms with Crippen LogP contribution in [0.5, 0.6) is 5.75 Å². The van der Waals surface area contributed by atoms with Gasteiger partial charge in [-0.3, -0.25) is 0 Å². The third-order valence-electron chi connectivity index (χ3n) is 2.43. The number of ether oxygens (including phenoxy) is 2. The van der Waals surface area contributed by atoms with Gasteiger partial charge >= 0.3 is 0 Å². The topological polar surface area (TPSA) is 64.6 Å². The molecule has 0 atom stereocenters. The number of hydrogen-bond acceptors (Lipinski definition) is 5. The molecule has 108 valence electrons. The van der Waals surface area contributed by atoms with Crippen molar-refractivity contribution in [3.63, 3.8) is 0 Å². The number of nitrogens with one attached hydrogen (secondary N) is 1. The summed E-state index contributed by atoms with van der Waals surface area (Å²) < 4.78 is 33.2. The van der Waals surface area contributed by atoms with Gasteiger partial charge in [-0.05, 0) is 31.2 Å². The first-order valence-corrected chi connectivity index (χ1v) is 8.14. The standard InChI is InChI=1S/C13H21NO4S/c1-3-17-10-8-14-9-11-18-12-4-6-13(7-5-12)19(2,15)16/h4-7,14H,3,8-11H2,1-2H3. The molecular formula is C13H21NO4S. The van der Waals surface area contributed by atoms with Gasteiger partial charge in [0.15, 0.2) is 9.84 Å². The minimum Gasteiger partial charge on any atom is -0.492 e. The van der Waals surface area contributed by atoms with E-state index in [4.69, 9.17) is 9.47 Å². The zero-order valence-electron chi connectivity index (χ0n) is 11.4. The molecule has 1 N–H and O–H groups in total. The van der Waals surface area contributed by atoms with E-state index in [1.54, 1.807) is 24.3 Å². The van der Waals surface area contributed by atoms with Crippen molar-refractivity contribution in [2.45, 2.75) is 11.8 Å². The third kappa shape index (κ3) is 6.56. The maximum atomic E-state index is 11.3. The van der Waals surface area contributed by atoms with E-state index in [2.05, 4.69) is 5.32 Å². The molecule has 5 nitrogen and oxygen atoms in total. The number of benzene rings is 1. The summed E-state index contributed by atoms with van der Waals surface area (Å²) in [6.45, 7) is 5.43. The molecule has 0 bridgehead atoms. The summed E-state index contributed by atoms with van der Waals surface area (Å²) in [5.74, 6) is 0.666. The second kappa shape index (κ2) is 8.14. The van der Waals surface area contributed by atoms with Crippen molar-refractivity contribution < 1.29 is 17.9 Å². The van der Waals surface area contributed by atoms with E-state index in [9.17, 15) is 8.42 Å². The summed E-state index contributed by atoms with van der Waals surface area (Å²) in [5, 5.41) is 3.18. The van der Waals surface area contributed by atoms with Crippen molar-refractivity contribution in [2.24, 2.45) is 0 Å². The fraction of sp³-hybridized carbons (Fsp3) is 0.538. The Kier molecular flexibility index (Phi) is 6.83. The van der Waals surface area contributed by atoms with Crippen LogP contribution in [0.2, 0.25) is 0 Å². The van der Waals surface area contributed by atoms with Gasteiger partial charge in [-0.25, -0.2) is 8.42 Å². The van der Waals surface area contributed by atoms with Crippen molar-refractivity contribution >= 4 is 9.84 Å². The molecule has 0 spiro atoms. The normalized spacial score (nSPS) is 11.5. The van der Waals surface area contributed by atoms with Gasteiger partial charge in [-0.15, -0.1) is 0 Å². The molecule has 0 aliphatic carbocycles. The van der Waals surface area contributed by atoms with Crippen LogP contribution < -0.4 is 10.1 Å². The molecule has 0 radical (unpaired) electrons. The van der Waals surface area contributed by atoms with Crippen LogP contribution in [-0.2, 0) is 14.6 Å². The molecule has 0 heterocycles. The van der Waals surface area contributed by atoms with E-state index in [1.165, 1.54) is 6.26 Å². The Morgan fingerprint density at radius 1 is 1.11 bits per heavy atom. The monoisotopic (exact) mass is 287 g/mol. The molecule has 6 heteroatoms. The Bertz CT molecular complexity index is 456. The van der Waals surface area contributed by atoms with Crippen molar-refractivity contribution in [1.82, 2.24) is 5.32 Å². The van der Waals surface area contributed by atoms with Crippen molar-refractivity contribution in [3.8, 4) is 5.75 Å². The van der Waals surface area contributed by atoms with E-state index < -0.39 is 9.84 Å². The average molecular weight is 287 g/mol. The quantitative estimate of drug-likeness (QED) is 0.689. The first-order chi connectivity index (χ1) is 9.04. The lowest BCUT2D eigenvalue weighted by molar-refractivity contribution is 0.148. The molecule has 0 amide bonds. The highest BCUT2D eigenvalue weighted by Crippen LogP contribution is 2.15. The lowest BCUT2D eigenvalue weighted by Crippen LogP contribution is -2.25. The maximum absolute atomic E-state index is 11.3. The fourth-order valence-corrected chi connectivity index (χ4v) is 2.07. The molecule has 0 saturated carbocycles. The zero-order valence-corrected chi connectivity index (χ0v) is 12.2. The Morgan fingerprint density at radius 3 is 2.32 bits per heavy atom. The second-order valence-electron chi connectivity index (χ2n) is 4.04. The van der Waals surface area contributed by atoms with Crippen LogP contribution in [-0.4, -0.2) is 47.6 Å². The largest absolute Gasteiger partial charge is 0.492 e. The Morgan fingerprint density at radius 2 is 1.74 bits per heavy atom. The molecule has 19 heavy (non-hydrogen) atoms. The molecule has 0 unspecified atom stereocenters. The second-order valence-corrected chi connectivity index (χ2v) is 6.05. The van der Waals surface area contributed by atoms with Gasteiger partial charge in [0.1, 0.15) is 12.4 Å². The van der Waals surface area contributed by atoms with E-state index in [1.807, 2.05) is 6.92 Å². The number of sulfone groups is 1. The van der Waals surface area contributed by atoms with Gasteiger partial charge in [-0.1, -0.05) is 0 Å². The Hall–Kier alpha value is -1.11. The van der Waals surface area contributed by atoms with E-state index in [0.29, 0.717) is 23.9 Å². The first-order valence-electron chi connectivity index (χ1n) is 6.25. The molecule has 1 aromatic rings. The SMILES string of the molecule is CCOCCNCCOc1ccc(S(C)(=O)=O)cc1. The van der Waals surface area contributed by atoms with Crippen LogP contribution in [0.25, 0.3) is 0 Å². The average Bonchev–Trinajstić information content (AvgIpc) is 2.37. The summed E-state index contributed by atoms with van der Waals surface area (Å²) in [4.78, 5) is 0.301. The number of rotatable bonds is 9. The van der Waals surface area contributed by atoms with Crippen molar-refractivity contribution in [2.75, 3.05) is 39.2 Å². The van der Waals surface area contributed by atoms with Crippen LogP contribution in [0, 0.1) is 0 Å². The number of hydrogen-bond donors (Lipinski definition) is 1. The van der Waals surface area contributed by atoms with Gasteiger partial charge in [0.05, 0.1) is 11.5 Å². The van der Waals surface area contributed by atoms with Crippen molar-refractivity contribution in [1.29, 1.82) is 0 Å². The van der Waals surface area contributed by atoms with Gasteiger partial charge < -0.3 is 14.8 Å². The summed E-state index contributed by atoms with van der Waals surface area (Å²) in [6.07, 6.45) is 1.19. The van der Waals surface area contributed by atoms with Crippen LogP contribution in [0.4, 0.5) is 0 Å².